The van der Waals surface area contributed by atoms with Crippen LogP contribution >= 0.6 is 34.8 Å². The van der Waals surface area contributed by atoms with Crippen LogP contribution in [0.5, 0.6) is 5.75 Å². The van der Waals surface area contributed by atoms with Crippen molar-refractivity contribution in [3.05, 3.63) is 28.2 Å². The molecule has 0 aliphatic carbocycles. The molecule has 0 bridgehead atoms. The predicted octanol–water partition coefficient (Wildman–Crippen LogP) is 2.97. The second-order valence-corrected chi connectivity index (χ2v) is 3.79. The summed E-state index contributed by atoms with van der Waals surface area (Å²) >= 11 is 17.1. The van der Waals surface area contributed by atoms with Crippen LogP contribution in [-0.4, -0.2) is 23.7 Å². The molecular formula is C9H9Cl3O2. The molecule has 1 N–H and O–H groups in total. The van der Waals surface area contributed by atoms with Gasteiger partial charge >= 0.3 is 0 Å². The maximum atomic E-state index is 9.16. The van der Waals surface area contributed by atoms with E-state index in [1.807, 2.05) is 0 Å². The Hall–Kier alpha value is -0.150. The zero-order valence-corrected chi connectivity index (χ0v) is 9.48. The monoisotopic (exact) mass is 254 g/mol. The van der Waals surface area contributed by atoms with Crippen LogP contribution in [0.2, 0.25) is 10.0 Å². The molecule has 0 fully saturated rings. The minimum atomic E-state index is -0.719. The molecule has 1 rings (SSSR count). The smallest absolute Gasteiger partial charge is 0.156 e. The third kappa shape index (κ3) is 3.21. The molecule has 1 aromatic carbocycles. The summed E-state index contributed by atoms with van der Waals surface area (Å²) in [4.78, 5) is 0. The summed E-state index contributed by atoms with van der Waals surface area (Å²) in [6.45, 7) is 0.0763. The topological polar surface area (TPSA) is 29.5 Å². The number of rotatable bonds is 4. The van der Waals surface area contributed by atoms with Gasteiger partial charge in [-0.15, -0.1) is 11.6 Å². The molecular weight excluding hydrogens is 246 g/mol. The van der Waals surface area contributed by atoms with Crippen LogP contribution < -0.4 is 4.74 Å². The van der Waals surface area contributed by atoms with E-state index in [0.29, 0.717) is 15.8 Å². The normalized spacial score (nSPS) is 12.6. The van der Waals surface area contributed by atoms with Crippen LogP contribution in [0.25, 0.3) is 0 Å². The third-order valence-electron chi connectivity index (χ3n) is 1.52. The lowest BCUT2D eigenvalue weighted by Gasteiger charge is -2.11. The van der Waals surface area contributed by atoms with Crippen molar-refractivity contribution < 1.29 is 9.84 Å². The first-order valence-electron chi connectivity index (χ1n) is 3.96. The Morgan fingerprint density at radius 2 is 1.86 bits per heavy atom. The summed E-state index contributed by atoms with van der Waals surface area (Å²) in [6, 6.07) is 5.04. The lowest BCUT2D eigenvalue weighted by Crippen LogP contribution is -2.19. The highest BCUT2D eigenvalue weighted by atomic mass is 35.5. The molecule has 0 saturated heterocycles. The van der Waals surface area contributed by atoms with Crippen molar-refractivity contribution in [1.82, 2.24) is 0 Å². The fourth-order valence-corrected chi connectivity index (χ4v) is 1.44. The van der Waals surface area contributed by atoms with E-state index < -0.39 is 6.10 Å². The average molecular weight is 256 g/mol. The Kier molecular flexibility index (Phi) is 4.82. The molecule has 1 unspecified atom stereocenters. The van der Waals surface area contributed by atoms with Crippen LogP contribution in [0, 0.1) is 0 Å². The summed E-state index contributed by atoms with van der Waals surface area (Å²) in [5, 5.41) is 9.99. The van der Waals surface area contributed by atoms with Crippen LogP contribution in [0.3, 0.4) is 0 Å². The minimum absolute atomic E-state index is 0.0763. The van der Waals surface area contributed by atoms with Gasteiger partial charge in [0.25, 0.3) is 0 Å². The number of ether oxygens (including phenoxy) is 1. The van der Waals surface area contributed by atoms with Gasteiger partial charge in [0.15, 0.2) is 5.75 Å². The van der Waals surface area contributed by atoms with Crippen molar-refractivity contribution in [3.63, 3.8) is 0 Å². The van der Waals surface area contributed by atoms with E-state index in [0.717, 1.165) is 0 Å². The number of benzene rings is 1. The van der Waals surface area contributed by atoms with Crippen molar-refractivity contribution in [2.45, 2.75) is 6.10 Å². The van der Waals surface area contributed by atoms with E-state index in [1.165, 1.54) is 0 Å². The lowest BCUT2D eigenvalue weighted by molar-refractivity contribution is 0.125. The maximum Gasteiger partial charge on any atom is 0.156 e. The predicted molar refractivity (Wildman–Crippen MR) is 58.7 cm³/mol. The summed E-state index contributed by atoms with van der Waals surface area (Å²) in [6.07, 6.45) is -0.719. The van der Waals surface area contributed by atoms with E-state index in [2.05, 4.69) is 0 Å². The largest absolute Gasteiger partial charge is 0.488 e. The van der Waals surface area contributed by atoms with E-state index in [4.69, 9.17) is 44.6 Å². The second kappa shape index (κ2) is 5.66. The van der Waals surface area contributed by atoms with Gasteiger partial charge in [-0.3, -0.25) is 0 Å². The van der Waals surface area contributed by atoms with Crippen molar-refractivity contribution in [1.29, 1.82) is 0 Å². The quantitative estimate of drug-likeness (QED) is 0.838. The fraction of sp³-hybridized carbons (Fsp3) is 0.333. The molecule has 5 heteroatoms. The van der Waals surface area contributed by atoms with Crippen molar-refractivity contribution >= 4 is 34.8 Å². The molecule has 0 spiro atoms. The van der Waals surface area contributed by atoms with Crippen molar-refractivity contribution in [3.8, 4) is 5.75 Å². The number of halogens is 3. The van der Waals surface area contributed by atoms with E-state index in [1.54, 1.807) is 18.2 Å². The third-order valence-corrected chi connectivity index (χ3v) is 2.47. The van der Waals surface area contributed by atoms with Gasteiger partial charge in [0.1, 0.15) is 12.7 Å². The van der Waals surface area contributed by atoms with Gasteiger partial charge in [0.2, 0.25) is 0 Å². The standard InChI is InChI=1S/C9H9Cl3O2/c10-4-6(13)5-14-9-7(11)2-1-3-8(9)12/h1-3,6,13H,4-5H2. The molecule has 1 aromatic rings. The summed E-state index contributed by atoms with van der Waals surface area (Å²) in [5.41, 5.74) is 0. The molecule has 0 heterocycles. The van der Waals surface area contributed by atoms with Gasteiger partial charge in [-0.1, -0.05) is 29.3 Å². The second-order valence-electron chi connectivity index (χ2n) is 2.67. The molecule has 14 heavy (non-hydrogen) atoms. The van der Waals surface area contributed by atoms with Crippen LogP contribution in [0.4, 0.5) is 0 Å². The Bertz CT molecular complexity index is 284. The fourth-order valence-electron chi connectivity index (χ4n) is 0.844. The van der Waals surface area contributed by atoms with Crippen LogP contribution in [0.1, 0.15) is 0 Å². The molecule has 0 radical (unpaired) electrons. The Morgan fingerprint density at radius 1 is 1.29 bits per heavy atom. The van der Waals surface area contributed by atoms with Crippen molar-refractivity contribution in [2.75, 3.05) is 12.5 Å². The molecule has 0 saturated carbocycles. The number of aliphatic hydroxyl groups is 1. The zero-order chi connectivity index (χ0) is 10.6. The molecule has 0 amide bonds. The number of hydrogen-bond donors (Lipinski definition) is 1. The summed E-state index contributed by atoms with van der Waals surface area (Å²) in [7, 11) is 0. The molecule has 0 aliphatic rings. The van der Waals surface area contributed by atoms with Crippen LogP contribution in [0.15, 0.2) is 18.2 Å². The Labute approximate surface area is 97.3 Å². The van der Waals surface area contributed by atoms with Gasteiger partial charge < -0.3 is 9.84 Å². The Morgan fingerprint density at radius 3 is 2.36 bits per heavy atom. The summed E-state index contributed by atoms with van der Waals surface area (Å²) < 4.78 is 5.22. The van der Waals surface area contributed by atoms with Gasteiger partial charge in [-0.25, -0.2) is 0 Å². The molecule has 1 atom stereocenters. The van der Waals surface area contributed by atoms with E-state index in [-0.39, 0.29) is 12.5 Å². The summed E-state index contributed by atoms with van der Waals surface area (Å²) in [5.74, 6) is 0.488. The lowest BCUT2D eigenvalue weighted by atomic mass is 10.3. The van der Waals surface area contributed by atoms with Gasteiger partial charge in [0.05, 0.1) is 15.9 Å². The number of para-hydroxylation sites is 1. The van der Waals surface area contributed by atoms with Gasteiger partial charge in [-0.2, -0.15) is 0 Å². The first kappa shape index (κ1) is 11.9. The average Bonchev–Trinajstić information content (AvgIpc) is 2.16. The maximum absolute atomic E-state index is 9.16. The molecule has 0 aliphatic heterocycles. The molecule has 0 aromatic heterocycles. The molecule has 78 valence electrons. The van der Waals surface area contributed by atoms with Gasteiger partial charge in [0, 0.05) is 0 Å². The molecule has 2 nitrogen and oxygen atoms in total. The number of alkyl halides is 1. The minimum Gasteiger partial charge on any atom is -0.488 e. The SMILES string of the molecule is OC(CCl)COc1c(Cl)cccc1Cl. The Balaban J connectivity index is 2.66. The zero-order valence-electron chi connectivity index (χ0n) is 7.21. The van der Waals surface area contributed by atoms with Crippen molar-refractivity contribution in [2.24, 2.45) is 0 Å². The number of aliphatic hydroxyl groups excluding tert-OH is 1. The van der Waals surface area contributed by atoms with Crippen LogP contribution in [-0.2, 0) is 0 Å². The first-order valence-corrected chi connectivity index (χ1v) is 5.25. The van der Waals surface area contributed by atoms with E-state index in [9.17, 15) is 0 Å². The first-order chi connectivity index (χ1) is 6.65. The number of hydrogen-bond acceptors (Lipinski definition) is 2. The highest BCUT2D eigenvalue weighted by Gasteiger charge is 2.09. The highest BCUT2D eigenvalue weighted by molar-refractivity contribution is 6.37. The highest BCUT2D eigenvalue weighted by Crippen LogP contribution is 2.32. The van der Waals surface area contributed by atoms with E-state index >= 15 is 0 Å². The van der Waals surface area contributed by atoms with Gasteiger partial charge in [-0.05, 0) is 12.1 Å².